The fourth-order valence-corrected chi connectivity index (χ4v) is 2.68. The molecule has 1 aromatic rings. The van der Waals surface area contributed by atoms with Gasteiger partial charge in [-0.25, -0.2) is 0 Å². The van der Waals surface area contributed by atoms with E-state index < -0.39 is 0 Å². The minimum atomic E-state index is -0.123. The molecule has 1 heterocycles. The van der Waals surface area contributed by atoms with Crippen LogP contribution in [-0.4, -0.2) is 38.1 Å². The van der Waals surface area contributed by atoms with E-state index in [4.69, 9.17) is 9.47 Å². The molecule has 4 nitrogen and oxygen atoms in total. The third-order valence-corrected chi connectivity index (χ3v) is 4.53. The van der Waals surface area contributed by atoms with Crippen LogP contribution in [0.5, 0.6) is 0 Å². The average molecular weight is 309 g/mol. The van der Waals surface area contributed by atoms with Crippen molar-refractivity contribution in [3.8, 4) is 0 Å². The summed E-state index contributed by atoms with van der Waals surface area (Å²) in [6.07, 6.45) is 4.34. The molecule has 0 aliphatic carbocycles. The Labute approximate surface area is 130 Å². The number of nitrogens with one attached hydrogen (secondary N) is 1. The maximum Gasteiger partial charge on any atom is 0.250 e. The number of hydrogen-bond donors (Lipinski definition) is 1. The Morgan fingerprint density at radius 3 is 3.14 bits per heavy atom. The Morgan fingerprint density at radius 2 is 2.43 bits per heavy atom. The number of carbonyl (C=O) groups is 1. The molecule has 0 saturated carbocycles. The molecule has 0 unspecified atom stereocenters. The molecule has 2 atom stereocenters. The Morgan fingerprint density at radius 1 is 1.57 bits per heavy atom. The molecular weight excluding hydrogens is 286 g/mol. The van der Waals surface area contributed by atoms with E-state index in [1.807, 2.05) is 18.2 Å². The average Bonchev–Trinajstić information content (AvgIpc) is 3.00. The summed E-state index contributed by atoms with van der Waals surface area (Å²) in [6, 6.07) is 7.95. The van der Waals surface area contributed by atoms with Gasteiger partial charge < -0.3 is 14.8 Å². The van der Waals surface area contributed by atoms with Crippen molar-refractivity contribution in [1.82, 2.24) is 0 Å². The molecule has 1 aromatic carbocycles. The van der Waals surface area contributed by atoms with E-state index in [2.05, 4.69) is 24.6 Å². The highest BCUT2D eigenvalue weighted by Crippen LogP contribution is 2.27. The van der Waals surface area contributed by atoms with Gasteiger partial charge in [0.1, 0.15) is 6.61 Å². The van der Waals surface area contributed by atoms with E-state index in [1.54, 1.807) is 11.8 Å². The summed E-state index contributed by atoms with van der Waals surface area (Å²) in [5.41, 5.74) is 2.03. The second kappa shape index (κ2) is 8.41. The lowest BCUT2D eigenvalue weighted by molar-refractivity contribution is -0.121. The van der Waals surface area contributed by atoms with Crippen LogP contribution in [0.25, 0.3) is 0 Å². The second-order valence-electron chi connectivity index (χ2n) is 5.20. The van der Waals surface area contributed by atoms with E-state index >= 15 is 0 Å². The van der Waals surface area contributed by atoms with Crippen molar-refractivity contribution in [1.29, 1.82) is 0 Å². The molecule has 0 bridgehead atoms. The van der Waals surface area contributed by atoms with Gasteiger partial charge in [-0.05, 0) is 43.7 Å². The molecule has 1 aliphatic heterocycles. The van der Waals surface area contributed by atoms with Crippen LogP contribution in [0, 0.1) is 0 Å². The van der Waals surface area contributed by atoms with Crippen LogP contribution >= 0.6 is 11.8 Å². The van der Waals surface area contributed by atoms with E-state index in [0.717, 1.165) is 25.1 Å². The topological polar surface area (TPSA) is 47.6 Å². The van der Waals surface area contributed by atoms with Gasteiger partial charge in [0.25, 0.3) is 0 Å². The van der Waals surface area contributed by atoms with Gasteiger partial charge in [-0.1, -0.05) is 12.1 Å². The molecule has 21 heavy (non-hydrogen) atoms. The lowest BCUT2D eigenvalue weighted by Gasteiger charge is -2.12. The number of thioether (sulfide) groups is 1. The largest absolute Gasteiger partial charge is 0.376 e. The van der Waals surface area contributed by atoms with Gasteiger partial charge in [0.05, 0.1) is 12.7 Å². The first-order valence-electron chi connectivity index (χ1n) is 7.31. The van der Waals surface area contributed by atoms with Gasteiger partial charge in [0.2, 0.25) is 5.91 Å². The molecule has 1 saturated heterocycles. The maximum atomic E-state index is 11.9. The number of anilines is 1. The normalized spacial score (nSPS) is 19.4. The highest BCUT2D eigenvalue weighted by Gasteiger charge is 2.16. The number of hydrogen-bond acceptors (Lipinski definition) is 4. The molecular formula is C16H23NO3S. The van der Waals surface area contributed by atoms with E-state index in [1.165, 1.54) is 5.56 Å². The van der Waals surface area contributed by atoms with Crippen molar-refractivity contribution in [3.05, 3.63) is 29.8 Å². The molecule has 1 fully saturated rings. The molecule has 5 heteroatoms. The van der Waals surface area contributed by atoms with Crippen molar-refractivity contribution < 1.29 is 14.3 Å². The van der Waals surface area contributed by atoms with Crippen LogP contribution in [0.3, 0.4) is 0 Å². The summed E-state index contributed by atoms with van der Waals surface area (Å²) in [5, 5.41) is 3.29. The van der Waals surface area contributed by atoms with Gasteiger partial charge >= 0.3 is 0 Å². The predicted octanol–water partition coefficient (Wildman–Crippen LogP) is 3.24. The zero-order valence-electron chi connectivity index (χ0n) is 12.6. The molecule has 1 aliphatic rings. The molecule has 116 valence electrons. The summed E-state index contributed by atoms with van der Waals surface area (Å²) in [5.74, 6) is -0.123. The highest BCUT2D eigenvalue weighted by atomic mass is 32.2. The van der Waals surface area contributed by atoms with E-state index in [-0.39, 0.29) is 18.6 Å². The van der Waals surface area contributed by atoms with Crippen LogP contribution in [0.2, 0.25) is 0 Å². The standard InChI is InChI=1S/C16H23NO3S/c1-12(21-2)13-5-3-6-14(9-13)17-16(18)11-19-10-15-7-4-8-20-15/h3,5-6,9,12,15H,4,7-8,10-11H2,1-2H3,(H,17,18)/t12-,15-/m0/s1. The smallest absolute Gasteiger partial charge is 0.250 e. The van der Waals surface area contributed by atoms with Crippen molar-refractivity contribution in [2.24, 2.45) is 0 Å². The van der Waals surface area contributed by atoms with Gasteiger partial charge in [-0.3, -0.25) is 4.79 Å². The Bertz CT molecular complexity index is 461. The van der Waals surface area contributed by atoms with Crippen molar-refractivity contribution >= 4 is 23.4 Å². The first kappa shape index (κ1) is 16.3. The Balaban J connectivity index is 1.76. The minimum absolute atomic E-state index is 0.0716. The van der Waals surface area contributed by atoms with E-state index in [0.29, 0.717) is 11.9 Å². The van der Waals surface area contributed by atoms with Gasteiger partial charge in [0.15, 0.2) is 0 Å². The number of ether oxygens (including phenoxy) is 2. The number of carbonyl (C=O) groups excluding carboxylic acids is 1. The van der Waals surface area contributed by atoms with Crippen LogP contribution in [0.4, 0.5) is 5.69 Å². The van der Waals surface area contributed by atoms with Gasteiger partial charge in [0, 0.05) is 17.5 Å². The first-order valence-corrected chi connectivity index (χ1v) is 8.60. The van der Waals surface area contributed by atoms with E-state index in [9.17, 15) is 4.79 Å². The second-order valence-corrected chi connectivity index (χ2v) is 6.38. The summed E-state index contributed by atoms with van der Waals surface area (Å²) < 4.78 is 10.9. The molecule has 1 amide bonds. The summed E-state index contributed by atoms with van der Waals surface area (Å²) in [4.78, 5) is 11.9. The van der Waals surface area contributed by atoms with Crippen molar-refractivity contribution in [3.63, 3.8) is 0 Å². The van der Waals surface area contributed by atoms with Crippen LogP contribution in [-0.2, 0) is 14.3 Å². The predicted molar refractivity (Wildman–Crippen MR) is 86.8 cm³/mol. The molecule has 0 aromatic heterocycles. The van der Waals surface area contributed by atoms with Gasteiger partial charge in [-0.2, -0.15) is 11.8 Å². The Hall–Kier alpha value is -1.04. The third kappa shape index (κ3) is 5.34. The monoisotopic (exact) mass is 309 g/mol. The molecule has 0 radical (unpaired) electrons. The lowest BCUT2D eigenvalue weighted by Crippen LogP contribution is -2.22. The van der Waals surface area contributed by atoms with Crippen LogP contribution < -0.4 is 5.32 Å². The number of amides is 1. The fraction of sp³-hybridized carbons (Fsp3) is 0.562. The quantitative estimate of drug-likeness (QED) is 0.840. The molecule has 2 rings (SSSR count). The summed E-state index contributed by atoms with van der Waals surface area (Å²) in [6.45, 7) is 3.52. The van der Waals surface area contributed by atoms with Crippen molar-refractivity contribution in [2.75, 3.05) is 31.4 Å². The van der Waals surface area contributed by atoms with Crippen molar-refractivity contribution in [2.45, 2.75) is 31.1 Å². The summed E-state index contributed by atoms with van der Waals surface area (Å²) in [7, 11) is 0. The molecule has 1 N–H and O–H groups in total. The lowest BCUT2D eigenvalue weighted by atomic mass is 10.1. The number of rotatable bonds is 7. The van der Waals surface area contributed by atoms with Crippen LogP contribution in [0.1, 0.15) is 30.6 Å². The maximum absolute atomic E-state index is 11.9. The van der Waals surface area contributed by atoms with Gasteiger partial charge in [-0.15, -0.1) is 0 Å². The highest BCUT2D eigenvalue weighted by molar-refractivity contribution is 7.98. The zero-order chi connectivity index (χ0) is 15.1. The van der Waals surface area contributed by atoms with Crippen LogP contribution in [0.15, 0.2) is 24.3 Å². The Kier molecular flexibility index (Phi) is 6.54. The fourth-order valence-electron chi connectivity index (χ4n) is 2.26. The number of benzene rings is 1. The SMILES string of the molecule is CS[C@@H](C)c1cccc(NC(=O)COC[C@@H]2CCCO2)c1. The first-order chi connectivity index (χ1) is 10.2. The third-order valence-electron chi connectivity index (χ3n) is 3.55. The summed E-state index contributed by atoms with van der Waals surface area (Å²) >= 11 is 1.78. The zero-order valence-corrected chi connectivity index (χ0v) is 13.4. The minimum Gasteiger partial charge on any atom is -0.376 e. The molecule has 0 spiro atoms.